The van der Waals surface area contributed by atoms with Gasteiger partial charge in [0.25, 0.3) is 0 Å². The maximum absolute atomic E-state index is 12.7. The second kappa shape index (κ2) is 6.73. The van der Waals surface area contributed by atoms with E-state index in [2.05, 4.69) is 5.32 Å². The number of benzene rings is 1. The van der Waals surface area contributed by atoms with Crippen molar-refractivity contribution < 1.29 is 19.4 Å². The minimum atomic E-state index is -0.908. The molecule has 1 saturated heterocycles. The lowest BCUT2D eigenvalue weighted by Gasteiger charge is -2.33. The number of halogens is 1. The van der Waals surface area contributed by atoms with Gasteiger partial charge in [-0.05, 0) is 43.7 Å². The molecular weight excluding hydrogens is 330 g/mol. The highest BCUT2D eigenvalue weighted by atomic mass is 35.5. The Hall–Kier alpha value is -1.59. The van der Waals surface area contributed by atoms with Crippen LogP contribution >= 0.6 is 11.6 Å². The fourth-order valence-corrected chi connectivity index (χ4v) is 3.51. The Morgan fingerprint density at radius 1 is 1.12 bits per heavy atom. The maximum atomic E-state index is 12.7. The Bertz CT molecular complexity index is 636. The van der Waals surface area contributed by atoms with Crippen LogP contribution in [0.2, 0.25) is 5.02 Å². The van der Waals surface area contributed by atoms with Crippen LogP contribution in [0.4, 0.5) is 0 Å². The Kier molecular flexibility index (Phi) is 4.83. The van der Waals surface area contributed by atoms with Crippen LogP contribution in [0.1, 0.15) is 31.2 Å². The first-order valence-electron chi connectivity index (χ1n) is 8.30. The largest absolute Gasteiger partial charge is 0.481 e. The Morgan fingerprint density at radius 3 is 2.38 bits per heavy atom. The number of carbonyl (C=O) groups is 2. The summed E-state index contributed by atoms with van der Waals surface area (Å²) < 4.78 is 5.26. The van der Waals surface area contributed by atoms with Gasteiger partial charge in [0.2, 0.25) is 5.91 Å². The lowest BCUT2D eigenvalue weighted by Crippen LogP contribution is -2.48. The van der Waals surface area contributed by atoms with Gasteiger partial charge in [0.15, 0.2) is 0 Å². The van der Waals surface area contributed by atoms with E-state index in [1.54, 1.807) is 0 Å². The zero-order valence-electron chi connectivity index (χ0n) is 13.5. The molecule has 130 valence electrons. The molecular formula is C18H22ClNO4. The van der Waals surface area contributed by atoms with Gasteiger partial charge in [0.05, 0.1) is 10.8 Å². The third-order valence-corrected chi connectivity index (χ3v) is 5.68. The number of amides is 1. The lowest BCUT2D eigenvalue weighted by atomic mass is 9.80. The molecule has 24 heavy (non-hydrogen) atoms. The molecule has 6 heteroatoms. The average Bonchev–Trinajstić information content (AvgIpc) is 3.36. The standard InChI is InChI=1S/C18H22ClNO4/c19-14-4-2-1-3-13(14)11-17(5-6-17)15(21)20-12-18(16(22)23)7-9-24-10-8-18/h1-4H,5-12H2,(H,20,21)(H,22,23). The molecule has 3 rings (SSSR count). The second-order valence-electron chi connectivity index (χ2n) is 6.93. The lowest BCUT2D eigenvalue weighted by molar-refractivity contribution is -0.154. The van der Waals surface area contributed by atoms with Crippen LogP contribution in [0, 0.1) is 10.8 Å². The summed E-state index contributed by atoms with van der Waals surface area (Å²) in [5, 5.41) is 13.1. The molecule has 2 N–H and O–H groups in total. The van der Waals surface area contributed by atoms with Gasteiger partial charge >= 0.3 is 5.97 Å². The van der Waals surface area contributed by atoms with Crippen molar-refractivity contribution in [3.05, 3.63) is 34.9 Å². The number of carboxylic acids is 1. The van der Waals surface area contributed by atoms with Gasteiger partial charge in [-0.25, -0.2) is 0 Å². The van der Waals surface area contributed by atoms with Crippen molar-refractivity contribution in [2.45, 2.75) is 32.1 Å². The molecule has 1 amide bonds. The number of ether oxygens (including phenoxy) is 1. The highest BCUT2D eigenvalue weighted by molar-refractivity contribution is 6.31. The average molecular weight is 352 g/mol. The first kappa shape index (κ1) is 17.2. The Morgan fingerprint density at radius 2 is 1.79 bits per heavy atom. The SMILES string of the molecule is O=C(O)C1(CNC(=O)C2(Cc3ccccc3Cl)CC2)CCOCC1. The van der Waals surface area contributed by atoms with E-state index >= 15 is 0 Å². The molecule has 1 heterocycles. The van der Waals surface area contributed by atoms with E-state index in [4.69, 9.17) is 16.3 Å². The minimum Gasteiger partial charge on any atom is -0.481 e. The summed E-state index contributed by atoms with van der Waals surface area (Å²) in [7, 11) is 0. The number of rotatable bonds is 6. The fraction of sp³-hybridized carbons (Fsp3) is 0.556. The molecule has 1 aliphatic carbocycles. The summed E-state index contributed by atoms with van der Waals surface area (Å²) in [6, 6.07) is 7.54. The molecule has 1 aliphatic heterocycles. The topological polar surface area (TPSA) is 75.6 Å². The first-order chi connectivity index (χ1) is 11.5. The number of nitrogens with one attached hydrogen (secondary N) is 1. The molecule has 0 unspecified atom stereocenters. The second-order valence-corrected chi connectivity index (χ2v) is 7.34. The van der Waals surface area contributed by atoms with Gasteiger partial charge in [-0.3, -0.25) is 9.59 Å². The summed E-state index contributed by atoms with van der Waals surface area (Å²) in [5.74, 6) is -0.920. The van der Waals surface area contributed by atoms with Gasteiger partial charge in [-0.15, -0.1) is 0 Å². The van der Waals surface area contributed by atoms with Crippen LogP contribution in [0.25, 0.3) is 0 Å². The number of hydrogen-bond acceptors (Lipinski definition) is 3. The number of carbonyl (C=O) groups excluding carboxylic acids is 1. The Balaban J connectivity index is 1.64. The van der Waals surface area contributed by atoms with Crippen LogP contribution in [0.5, 0.6) is 0 Å². The number of carboxylic acid groups (broad SMARTS) is 1. The highest BCUT2D eigenvalue weighted by Gasteiger charge is 2.51. The van der Waals surface area contributed by atoms with Gasteiger partial charge in [0.1, 0.15) is 0 Å². The van der Waals surface area contributed by atoms with Crippen LogP contribution in [-0.4, -0.2) is 36.7 Å². The van der Waals surface area contributed by atoms with E-state index < -0.39 is 16.8 Å². The van der Waals surface area contributed by atoms with Crippen molar-refractivity contribution >= 4 is 23.5 Å². The molecule has 2 aliphatic rings. The molecule has 0 spiro atoms. The monoisotopic (exact) mass is 351 g/mol. The van der Waals surface area contributed by atoms with Crippen molar-refractivity contribution in [1.82, 2.24) is 5.32 Å². The van der Waals surface area contributed by atoms with E-state index in [0.717, 1.165) is 18.4 Å². The van der Waals surface area contributed by atoms with E-state index in [1.165, 1.54) is 0 Å². The van der Waals surface area contributed by atoms with Crippen LogP contribution < -0.4 is 5.32 Å². The molecule has 0 bridgehead atoms. The van der Waals surface area contributed by atoms with Crippen LogP contribution in [0.3, 0.4) is 0 Å². The first-order valence-corrected chi connectivity index (χ1v) is 8.68. The molecule has 5 nitrogen and oxygen atoms in total. The minimum absolute atomic E-state index is 0.0606. The third-order valence-electron chi connectivity index (χ3n) is 5.31. The molecule has 2 fully saturated rings. The summed E-state index contributed by atoms with van der Waals surface area (Å²) in [6.07, 6.45) is 3.09. The number of hydrogen-bond donors (Lipinski definition) is 2. The normalized spacial score (nSPS) is 21.0. The summed E-state index contributed by atoms with van der Waals surface area (Å²) in [4.78, 5) is 24.3. The van der Waals surface area contributed by atoms with E-state index in [1.807, 2.05) is 24.3 Å². The van der Waals surface area contributed by atoms with Crippen molar-refractivity contribution in [3.63, 3.8) is 0 Å². The molecule has 1 aromatic carbocycles. The summed E-state index contributed by atoms with van der Waals surface area (Å²) in [5.41, 5.74) is -0.379. The maximum Gasteiger partial charge on any atom is 0.311 e. The molecule has 1 saturated carbocycles. The van der Waals surface area contributed by atoms with Crippen molar-refractivity contribution in [1.29, 1.82) is 0 Å². The summed E-state index contributed by atoms with van der Waals surface area (Å²) >= 11 is 6.20. The van der Waals surface area contributed by atoms with Crippen molar-refractivity contribution in [2.75, 3.05) is 19.8 Å². The fourth-order valence-electron chi connectivity index (χ4n) is 3.31. The predicted octanol–water partition coefficient (Wildman–Crippen LogP) is 2.66. The van der Waals surface area contributed by atoms with Gasteiger partial charge in [-0.2, -0.15) is 0 Å². The zero-order valence-corrected chi connectivity index (χ0v) is 14.3. The van der Waals surface area contributed by atoms with Crippen molar-refractivity contribution in [2.24, 2.45) is 10.8 Å². The van der Waals surface area contributed by atoms with Gasteiger partial charge in [0, 0.05) is 24.8 Å². The molecule has 1 aromatic rings. The smallest absolute Gasteiger partial charge is 0.311 e. The quantitative estimate of drug-likeness (QED) is 0.826. The highest BCUT2D eigenvalue weighted by Crippen LogP contribution is 2.49. The molecule has 0 atom stereocenters. The van der Waals surface area contributed by atoms with E-state index in [9.17, 15) is 14.7 Å². The van der Waals surface area contributed by atoms with Gasteiger partial charge < -0.3 is 15.2 Å². The number of aliphatic carboxylic acids is 1. The predicted molar refractivity (Wildman–Crippen MR) is 90.0 cm³/mol. The third kappa shape index (κ3) is 3.42. The molecule has 0 aromatic heterocycles. The van der Waals surface area contributed by atoms with E-state index in [-0.39, 0.29) is 12.5 Å². The molecule has 0 radical (unpaired) electrons. The van der Waals surface area contributed by atoms with Gasteiger partial charge in [-0.1, -0.05) is 29.8 Å². The van der Waals surface area contributed by atoms with Crippen LogP contribution in [-0.2, 0) is 20.7 Å². The van der Waals surface area contributed by atoms with Crippen molar-refractivity contribution in [3.8, 4) is 0 Å². The van der Waals surface area contributed by atoms with Crippen LogP contribution in [0.15, 0.2) is 24.3 Å². The van der Waals surface area contributed by atoms with E-state index in [0.29, 0.717) is 37.5 Å². The Labute approximate surface area is 146 Å². The summed E-state index contributed by atoms with van der Waals surface area (Å²) in [6.45, 7) is 1.01. The zero-order chi connectivity index (χ0) is 17.2.